The van der Waals surface area contributed by atoms with Gasteiger partial charge < -0.3 is 9.88 Å². The maximum Gasteiger partial charge on any atom is 0.0945 e. The second-order valence-electron chi connectivity index (χ2n) is 6.50. The maximum absolute atomic E-state index is 6.32. The molecule has 0 saturated heterocycles. The van der Waals surface area contributed by atoms with Gasteiger partial charge in [-0.2, -0.15) is 0 Å². The number of imidazole rings is 1. The minimum atomic E-state index is 0.236. The van der Waals surface area contributed by atoms with Crippen molar-refractivity contribution in [2.45, 2.75) is 25.3 Å². The largest absolute Gasteiger partial charge is 0.384 e. The average molecular weight is 390 g/mol. The molecule has 1 N–H and O–H groups in total. The molecule has 2 aliphatic rings. The Balaban J connectivity index is 0.000000660. The molecule has 2 aromatic rings. The number of hydrogen-bond acceptors (Lipinski definition) is 2. The number of terminal acetylenes is 2. The van der Waals surface area contributed by atoms with Crippen LogP contribution in [0.3, 0.4) is 0 Å². The summed E-state index contributed by atoms with van der Waals surface area (Å²) in [4.78, 5) is 4.29. The van der Waals surface area contributed by atoms with E-state index in [0.29, 0.717) is 6.04 Å². The Morgan fingerprint density at radius 2 is 2.00 bits per heavy atom. The van der Waals surface area contributed by atoms with Crippen LogP contribution < -0.4 is 5.32 Å². The highest BCUT2D eigenvalue weighted by Gasteiger charge is 2.26. The lowest BCUT2D eigenvalue weighted by atomic mass is 9.88. The number of aryl methyl sites for hydroxylation is 1. The summed E-state index contributed by atoms with van der Waals surface area (Å²) in [7, 11) is 2.04. The third-order valence-corrected chi connectivity index (χ3v) is 5.21. The Morgan fingerprint density at radius 3 is 2.68 bits per heavy atom. The van der Waals surface area contributed by atoms with Crippen molar-refractivity contribution < 1.29 is 0 Å². The Hall–Kier alpha value is -3.14. The highest BCUT2D eigenvalue weighted by Crippen LogP contribution is 2.39. The number of nitrogens with one attached hydrogen (secondary N) is 1. The van der Waals surface area contributed by atoms with E-state index in [9.17, 15) is 0 Å². The molecule has 1 aliphatic heterocycles. The molecule has 142 valence electrons. The zero-order valence-corrected chi connectivity index (χ0v) is 16.9. The summed E-state index contributed by atoms with van der Waals surface area (Å²) in [5.74, 6) is 0.236. The van der Waals surface area contributed by atoms with E-state index < -0.39 is 0 Å². The monoisotopic (exact) mass is 389 g/mol. The van der Waals surface area contributed by atoms with Crippen molar-refractivity contribution in [1.29, 1.82) is 0 Å². The van der Waals surface area contributed by atoms with E-state index in [0.717, 1.165) is 11.4 Å². The molecule has 0 spiro atoms. The molecule has 0 radical (unpaired) electrons. The molecule has 1 aromatic carbocycles. The smallest absolute Gasteiger partial charge is 0.0945 e. The van der Waals surface area contributed by atoms with Crippen LogP contribution in [0.5, 0.6) is 0 Å². The zero-order chi connectivity index (χ0) is 20.7. The Morgan fingerprint density at radius 1 is 1.25 bits per heavy atom. The van der Waals surface area contributed by atoms with Crippen molar-refractivity contribution in [3.63, 3.8) is 0 Å². The number of dihydropyridines is 1. The van der Waals surface area contributed by atoms with E-state index in [2.05, 4.69) is 77.8 Å². The lowest BCUT2D eigenvalue weighted by Gasteiger charge is -2.20. The number of allylic oxidation sites excluding steroid dienone is 3. The first kappa shape index (κ1) is 21.2. The number of nitrogens with zero attached hydrogens (tertiary/aromatic N) is 2. The van der Waals surface area contributed by atoms with E-state index >= 15 is 0 Å². The fraction of sp³-hybridized carbons (Fsp3) is 0.208. The molecule has 0 bridgehead atoms. The number of fused-ring (bicyclic) bond motifs is 2. The molecule has 0 fully saturated rings. The van der Waals surface area contributed by atoms with Crippen molar-refractivity contribution in [2.24, 2.45) is 7.05 Å². The van der Waals surface area contributed by atoms with Crippen LogP contribution >= 0.6 is 11.6 Å². The minimum absolute atomic E-state index is 0.236. The number of hydrogen-bond donors (Lipinski definition) is 1. The van der Waals surface area contributed by atoms with Crippen LogP contribution in [0.4, 0.5) is 0 Å². The highest BCUT2D eigenvalue weighted by atomic mass is 35.5. The molecular weight excluding hydrogens is 366 g/mol. The van der Waals surface area contributed by atoms with E-state index in [1.165, 1.54) is 28.0 Å². The molecular formula is C24H24ClN3. The summed E-state index contributed by atoms with van der Waals surface area (Å²) in [6.45, 7) is 2.24. The third kappa shape index (κ3) is 4.22. The molecule has 1 unspecified atom stereocenters. The normalized spacial score (nSPS) is 17.5. The molecule has 1 aliphatic carbocycles. The summed E-state index contributed by atoms with van der Waals surface area (Å²) in [6.07, 6.45) is 29.4. The average Bonchev–Trinajstić information content (AvgIpc) is 3.09. The summed E-state index contributed by atoms with van der Waals surface area (Å²) < 4.78 is 2.09. The molecule has 0 saturated carbocycles. The fourth-order valence-electron chi connectivity index (χ4n) is 3.64. The second-order valence-corrected chi connectivity index (χ2v) is 6.94. The maximum atomic E-state index is 6.32. The topological polar surface area (TPSA) is 29.9 Å². The number of aromatic nitrogens is 2. The summed E-state index contributed by atoms with van der Waals surface area (Å²) in [5.41, 5.74) is 6.38. The minimum Gasteiger partial charge on any atom is -0.384 e. The SMILES string of the molecule is C#C.C#C.C[C@H](C1=CC2=CC=CNC2Cc2ccc(Cl)cc21)c1cncn1C. The van der Waals surface area contributed by atoms with Gasteiger partial charge in [-0.05, 0) is 53.1 Å². The first-order valence-electron chi connectivity index (χ1n) is 8.89. The van der Waals surface area contributed by atoms with Gasteiger partial charge in [-0.1, -0.05) is 36.7 Å². The van der Waals surface area contributed by atoms with Crippen LogP contribution in [0.15, 0.2) is 60.7 Å². The predicted molar refractivity (Wildman–Crippen MR) is 119 cm³/mol. The zero-order valence-electron chi connectivity index (χ0n) is 16.1. The van der Waals surface area contributed by atoms with Crippen LogP contribution in [0.1, 0.15) is 29.7 Å². The van der Waals surface area contributed by atoms with Gasteiger partial charge in [-0.3, -0.25) is 0 Å². The van der Waals surface area contributed by atoms with Crippen molar-refractivity contribution in [2.75, 3.05) is 0 Å². The van der Waals surface area contributed by atoms with Crippen molar-refractivity contribution in [1.82, 2.24) is 14.9 Å². The number of benzene rings is 1. The van der Waals surface area contributed by atoms with E-state index in [4.69, 9.17) is 11.6 Å². The lowest BCUT2D eigenvalue weighted by Crippen LogP contribution is -2.29. The van der Waals surface area contributed by atoms with Gasteiger partial charge in [0.25, 0.3) is 0 Å². The molecule has 4 heteroatoms. The fourth-order valence-corrected chi connectivity index (χ4v) is 3.82. The van der Waals surface area contributed by atoms with Gasteiger partial charge in [0.1, 0.15) is 0 Å². The molecule has 2 heterocycles. The van der Waals surface area contributed by atoms with Gasteiger partial charge in [-0.25, -0.2) is 4.98 Å². The van der Waals surface area contributed by atoms with Crippen LogP contribution in [0.2, 0.25) is 5.02 Å². The van der Waals surface area contributed by atoms with Gasteiger partial charge in [0.2, 0.25) is 0 Å². The molecule has 4 rings (SSSR count). The van der Waals surface area contributed by atoms with Gasteiger partial charge in [0.15, 0.2) is 0 Å². The summed E-state index contributed by atoms with van der Waals surface area (Å²) in [5, 5.41) is 4.26. The van der Waals surface area contributed by atoms with Gasteiger partial charge >= 0.3 is 0 Å². The molecule has 2 atom stereocenters. The summed E-state index contributed by atoms with van der Waals surface area (Å²) in [6, 6.07) is 6.55. The third-order valence-electron chi connectivity index (χ3n) is 4.98. The van der Waals surface area contributed by atoms with Crippen molar-refractivity contribution in [3.05, 3.63) is 82.6 Å². The quantitative estimate of drug-likeness (QED) is 0.752. The summed E-state index contributed by atoms with van der Waals surface area (Å²) >= 11 is 6.32. The van der Waals surface area contributed by atoms with Gasteiger partial charge in [0, 0.05) is 29.9 Å². The van der Waals surface area contributed by atoms with Crippen LogP contribution in [0.25, 0.3) is 5.57 Å². The Labute approximate surface area is 172 Å². The van der Waals surface area contributed by atoms with E-state index in [1.54, 1.807) is 0 Å². The standard InChI is InChI=1S/C20H20ClN3.2C2H2/c1-13(20-11-22-12-24(20)2)17-8-15-4-3-7-23-19(15)9-14-5-6-16(21)10-18(14)17;2*1-2/h3-8,10-13,19,23H,9H2,1-2H3;2*1-2H/t13-,19?;;/m1../s1. The van der Waals surface area contributed by atoms with Crippen LogP contribution in [0, 0.1) is 25.7 Å². The van der Waals surface area contributed by atoms with Crippen LogP contribution in [-0.2, 0) is 13.5 Å². The van der Waals surface area contributed by atoms with Crippen molar-refractivity contribution in [3.8, 4) is 25.7 Å². The second kappa shape index (κ2) is 9.70. The van der Waals surface area contributed by atoms with Crippen molar-refractivity contribution >= 4 is 17.2 Å². The lowest BCUT2D eigenvalue weighted by molar-refractivity contribution is 0.668. The highest BCUT2D eigenvalue weighted by molar-refractivity contribution is 6.30. The Bertz CT molecular complexity index is 950. The number of rotatable bonds is 2. The molecule has 0 amide bonds. The number of halogens is 1. The Kier molecular flexibility index (Phi) is 7.33. The van der Waals surface area contributed by atoms with Crippen LogP contribution in [-0.4, -0.2) is 15.6 Å². The van der Waals surface area contributed by atoms with E-state index in [-0.39, 0.29) is 5.92 Å². The van der Waals surface area contributed by atoms with Gasteiger partial charge in [-0.15, -0.1) is 25.7 Å². The van der Waals surface area contributed by atoms with Gasteiger partial charge in [0.05, 0.1) is 12.4 Å². The predicted octanol–water partition coefficient (Wildman–Crippen LogP) is 4.73. The first-order chi connectivity index (χ1) is 13.6. The van der Waals surface area contributed by atoms with E-state index in [1.807, 2.05) is 31.8 Å². The molecule has 1 aromatic heterocycles. The molecule has 28 heavy (non-hydrogen) atoms. The first-order valence-corrected chi connectivity index (χ1v) is 9.27. The molecule has 3 nitrogen and oxygen atoms in total.